The minimum Gasteiger partial charge on any atom is -0.496 e. The predicted octanol–water partition coefficient (Wildman–Crippen LogP) is 5.80. The zero-order valence-electron chi connectivity index (χ0n) is 20.2. The van der Waals surface area contributed by atoms with Crippen molar-refractivity contribution in [3.05, 3.63) is 57.7 Å². The molecule has 186 valence electrons. The number of carbonyl (C=O) groups is 1. The van der Waals surface area contributed by atoms with Crippen LogP contribution in [-0.2, 0) is 9.53 Å². The van der Waals surface area contributed by atoms with Crippen LogP contribution in [0.1, 0.15) is 33.6 Å². The Morgan fingerprint density at radius 1 is 1.17 bits per heavy atom. The van der Waals surface area contributed by atoms with Crippen molar-refractivity contribution in [2.45, 2.75) is 39.7 Å². The fourth-order valence-corrected chi connectivity index (χ4v) is 4.78. The maximum Gasteiger partial charge on any atom is 0.310 e. The lowest BCUT2D eigenvalue weighted by Gasteiger charge is -2.52. The summed E-state index contributed by atoms with van der Waals surface area (Å²) in [7, 11) is 1.53. The monoisotopic (exact) mass is 500 g/mol. The molecule has 0 bridgehead atoms. The van der Waals surface area contributed by atoms with Gasteiger partial charge in [-0.15, -0.1) is 0 Å². The summed E-state index contributed by atoms with van der Waals surface area (Å²) < 4.78 is 23.1. The molecule has 2 aromatic carbocycles. The van der Waals surface area contributed by atoms with E-state index in [4.69, 9.17) is 30.2 Å². The topological polar surface area (TPSA) is 95.2 Å². The molecule has 0 aliphatic heterocycles. The number of carboxylic acids is 1. The molecule has 7 nitrogen and oxygen atoms in total. The predicted molar refractivity (Wildman–Crippen MR) is 133 cm³/mol. The standard InChI is InChI=1S/C27H29ClO7/c1-26(2,3)27(25(30)31)14-17(15-27)34-11-10-33-16-8-9-22(32-4)19(12-16)23-13-21(29)18-6-5-7-20(28)24(18)35-23/h5-9,12-13,17H,10-11,14-15H2,1-4H3,(H,30,31). The first-order valence-corrected chi connectivity index (χ1v) is 11.8. The Morgan fingerprint density at radius 2 is 1.91 bits per heavy atom. The molecule has 0 spiro atoms. The zero-order valence-corrected chi connectivity index (χ0v) is 21.0. The molecule has 0 atom stereocenters. The van der Waals surface area contributed by atoms with Gasteiger partial charge in [-0.1, -0.05) is 38.4 Å². The van der Waals surface area contributed by atoms with Crippen LogP contribution in [0.4, 0.5) is 0 Å². The van der Waals surface area contributed by atoms with Gasteiger partial charge in [-0.05, 0) is 48.6 Å². The van der Waals surface area contributed by atoms with Crippen LogP contribution in [-0.4, -0.2) is 37.5 Å². The number of carboxylic acid groups (broad SMARTS) is 1. The highest BCUT2D eigenvalue weighted by molar-refractivity contribution is 6.34. The number of aliphatic carboxylic acids is 1. The van der Waals surface area contributed by atoms with Crippen LogP contribution >= 0.6 is 11.6 Å². The summed E-state index contributed by atoms with van der Waals surface area (Å²) in [5, 5.41) is 10.4. The highest BCUT2D eigenvalue weighted by Gasteiger charge is 2.58. The second-order valence-corrected chi connectivity index (χ2v) is 10.2. The van der Waals surface area contributed by atoms with Crippen LogP contribution in [0, 0.1) is 10.8 Å². The molecule has 1 aromatic heterocycles. The lowest BCUT2D eigenvalue weighted by atomic mass is 9.54. The van der Waals surface area contributed by atoms with E-state index in [-0.39, 0.29) is 23.6 Å². The van der Waals surface area contributed by atoms with Crippen LogP contribution in [0.2, 0.25) is 5.02 Å². The fourth-order valence-electron chi connectivity index (χ4n) is 4.56. The largest absolute Gasteiger partial charge is 0.496 e. The molecule has 35 heavy (non-hydrogen) atoms. The first-order valence-electron chi connectivity index (χ1n) is 11.4. The van der Waals surface area contributed by atoms with Crippen LogP contribution in [0.25, 0.3) is 22.3 Å². The van der Waals surface area contributed by atoms with E-state index in [9.17, 15) is 14.7 Å². The number of ether oxygens (including phenoxy) is 3. The molecular weight excluding hydrogens is 472 g/mol. The van der Waals surface area contributed by atoms with Crippen molar-refractivity contribution in [2.24, 2.45) is 10.8 Å². The van der Waals surface area contributed by atoms with E-state index >= 15 is 0 Å². The fraction of sp³-hybridized carbons (Fsp3) is 0.407. The SMILES string of the molecule is COc1ccc(OCCOC2CC(C(=O)O)(C(C)(C)C)C2)cc1-c1cc(=O)c2cccc(Cl)c2o1. The van der Waals surface area contributed by atoms with Crippen molar-refractivity contribution in [3.8, 4) is 22.8 Å². The average Bonchev–Trinajstić information content (AvgIpc) is 2.77. The third-order valence-electron chi connectivity index (χ3n) is 6.85. The third-order valence-corrected chi connectivity index (χ3v) is 7.14. The summed E-state index contributed by atoms with van der Waals surface area (Å²) in [4.78, 5) is 24.4. The minimum absolute atomic E-state index is 0.100. The molecule has 0 saturated heterocycles. The normalized spacial score (nSPS) is 19.9. The van der Waals surface area contributed by atoms with E-state index in [0.717, 1.165) is 0 Å². The molecule has 1 heterocycles. The van der Waals surface area contributed by atoms with E-state index in [1.807, 2.05) is 20.8 Å². The Balaban J connectivity index is 1.43. The number of rotatable bonds is 8. The summed E-state index contributed by atoms with van der Waals surface area (Å²) in [6.45, 7) is 6.46. The van der Waals surface area contributed by atoms with Gasteiger partial charge in [0.2, 0.25) is 0 Å². The van der Waals surface area contributed by atoms with Crippen LogP contribution in [0.15, 0.2) is 51.7 Å². The van der Waals surface area contributed by atoms with Crippen molar-refractivity contribution >= 4 is 28.5 Å². The lowest BCUT2D eigenvalue weighted by Crippen LogP contribution is -2.55. The molecule has 1 aliphatic carbocycles. The van der Waals surface area contributed by atoms with Crippen molar-refractivity contribution < 1.29 is 28.5 Å². The molecule has 1 saturated carbocycles. The van der Waals surface area contributed by atoms with Crippen molar-refractivity contribution in [3.63, 3.8) is 0 Å². The maximum atomic E-state index is 12.6. The third kappa shape index (κ3) is 4.75. The first-order chi connectivity index (χ1) is 16.6. The molecule has 3 aromatic rings. The van der Waals surface area contributed by atoms with Crippen molar-refractivity contribution in [1.29, 1.82) is 0 Å². The van der Waals surface area contributed by atoms with Gasteiger partial charge < -0.3 is 23.7 Å². The van der Waals surface area contributed by atoms with Gasteiger partial charge in [0.25, 0.3) is 0 Å². The number of methoxy groups -OCH3 is 1. The molecule has 8 heteroatoms. The van der Waals surface area contributed by atoms with E-state index in [1.54, 1.807) is 36.4 Å². The van der Waals surface area contributed by atoms with Gasteiger partial charge in [0, 0.05) is 6.07 Å². The van der Waals surface area contributed by atoms with Gasteiger partial charge in [0.15, 0.2) is 11.0 Å². The first kappa shape index (κ1) is 25.1. The zero-order chi connectivity index (χ0) is 25.4. The average molecular weight is 501 g/mol. The molecule has 0 unspecified atom stereocenters. The highest BCUT2D eigenvalue weighted by atomic mass is 35.5. The van der Waals surface area contributed by atoms with Gasteiger partial charge in [-0.3, -0.25) is 9.59 Å². The van der Waals surface area contributed by atoms with Gasteiger partial charge in [0.1, 0.15) is 23.9 Å². The number of halogens is 1. The van der Waals surface area contributed by atoms with Gasteiger partial charge in [-0.25, -0.2) is 0 Å². The Morgan fingerprint density at radius 3 is 2.57 bits per heavy atom. The van der Waals surface area contributed by atoms with E-state index in [0.29, 0.717) is 58.3 Å². The summed E-state index contributed by atoms with van der Waals surface area (Å²) >= 11 is 6.24. The van der Waals surface area contributed by atoms with E-state index < -0.39 is 11.4 Å². The molecule has 4 rings (SSSR count). The number of fused-ring (bicyclic) bond motifs is 1. The summed E-state index contributed by atoms with van der Waals surface area (Å²) in [6.07, 6.45) is 0.876. The maximum absolute atomic E-state index is 12.6. The summed E-state index contributed by atoms with van der Waals surface area (Å²) in [5.41, 5.74) is -0.433. The summed E-state index contributed by atoms with van der Waals surface area (Å²) in [5.74, 6) is 0.614. The number of para-hydroxylation sites is 1. The van der Waals surface area contributed by atoms with Gasteiger partial charge in [0.05, 0.1) is 41.2 Å². The Labute approximate surface area is 208 Å². The second kappa shape index (κ2) is 9.55. The Hall–Kier alpha value is -3.03. The highest BCUT2D eigenvalue weighted by Crippen LogP contribution is 2.54. The molecule has 0 amide bonds. The Bertz CT molecular complexity index is 1300. The molecular formula is C27H29ClO7. The second-order valence-electron chi connectivity index (χ2n) is 9.84. The van der Waals surface area contributed by atoms with Crippen molar-refractivity contribution in [2.75, 3.05) is 20.3 Å². The molecule has 1 N–H and O–H groups in total. The van der Waals surface area contributed by atoms with Gasteiger partial charge in [-0.2, -0.15) is 0 Å². The van der Waals surface area contributed by atoms with Gasteiger partial charge >= 0.3 is 5.97 Å². The number of hydrogen-bond acceptors (Lipinski definition) is 6. The number of benzene rings is 2. The number of hydrogen-bond donors (Lipinski definition) is 1. The van der Waals surface area contributed by atoms with Crippen LogP contribution < -0.4 is 14.9 Å². The van der Waals surface area contributed by atoms with E-state index in [2.05, 4.69) is 0 Å². The summed E-state index contributed by atoms with van der Waals surface area (Å²) in [6, 6.07) is 11.7. The molecule has 0 radical (unpaired) electrons. The van der Waals surface area contributed by atoms with Crippen LogP contribution in [0.5, 0.6) is 11.5 Å². The molecule has 1 fully saturated rings. The van der Waals surface area contributed by atoms with Crippen LogP contribution in [0.3, 0.4) is 0 Å². The quantitative estimate of drug-likeness (QED) is 0.391. The lowest BCUT2D eigenvalue weighted by molar-refractivity contribution is -0.185. The molecule has 1 aliphatic rings. The minimum atomic E-state index is -0.770. The van der Waals surface area contributed by atoms with E-state index in [1.165, 1.54) is 13.2 Å². The smallest absolute Gasteiger partial charge is 0.310 e. The Kier molecular flexibility index (Phi) is 6.84. The van der Waals surface area contributed by atoms with Crippen molar-refractivity contribution in [1.82, 2.24) is 0 Å².